The van der Waals surface area contributed by atoms with Crippen molar-refractivity contribution in [3.8, 4) is 0 Å². The van der Waals surface area contributed by atoms with Crippen LogP contribution in [0.3, 0.4) is 0 Å². The standard InChI is InChI=1S/C20H37N5OS/c1-15(26-6)19-23-17(14-27-19)13-25(5)20(21-2)22-12-18(24(3)4)16-10-8-7-9-11-16/h14-16,18H,7-13H2,1-6H3,(H,21,22). The lowest BCUT2D eigenvalue weighted by atomic mass is 9.83. The van der Waals surface area contributed by atoms with Gasteiger partial charge >= 0.3 is 0 Å². The monoisotopic (exact) mass is 395 g/mol. The number of nitrogens with one attached hydrogen (secondary N) is 1. The van der Waals surface area contributed by atoms with Gasteiger partial charge in [0.15, 0.2) is 5.96 Å². The van der Waals surface area contributed by atoms with Crippen molar-refractivity contribution in [3.63, 3.8) is 0 Å². The van der Waals surface area contributed by atoms with E-state index in [0.717, 1.165) is 35.7 Å². The molecule has 1 aromatic rings. The van der Waals surface area contributed by atoms with Gasteiger partial charge in [-0.25, -0.2) is 4.98 Å². The van der Waals surface area contributed by atoms with Gasteiger partial charge in [-0.3, -0.25) is 4.99 Å². The third-order valence-corrected chi connectivity index (χ3v) is 6.62. The van der Waals surface area contributed by atoms with Gasteiger partial charge in [-0.1, -0.05) is 19.3 Å². The van der Waals surface area contributed by atoms with E-state index in [0.29, 0.717) is 6.04 Å². The molecule has 1 fully saturated rings. The molecule has 6 nitrogen and oxygen atoms in total. The summed E-state index contributed by atoms with van der Waals surface area (Å²) in [5.74, 6) is 1.70. The molecule has 0 amide bonds. The molecule has 7 heteroatoms. The average Bonchev–Trinajstić information content (AvgIpc) is 3.13. The number of aromatic nitrogens is 1. The first kappa shape index (κ1) is 22.1. The van der Waals surface area contributed by atoms with Gasteiger partial charge in [-0.15, -0.1) is 11.3 Å². The Kier molecular flexibility index (Phi) is 8.99. The number of guanidine groups is 1. The molecule has 27 heavy (non-hydrogen) atoms. The predicted octanol–water partition coefficient (Wildman–Crippen LogP) is 3.37. The molecule has 1 saturated carbocycles. The number of likely N-dealkylation sites (N-methyl/N-ethyl adjacent to an activating group) is 1. The van der Waals surface area contributed by atoms with E-state index in [4.69, 9.17) is 9.72 Å². The van der Waals surface area contributed by atoms with Crippen LogP contribution in [0.4, 0.5) is 0 Å². The Bertz CT molecular complexity index is 583. The zero-order chi connectivity index (χ0) is 19.8. The van der Waals surface area contributed by atoms with E-state index < -0.39 is 0 Å². The quantitative estimate of drug-likeness (QED) is 0.540. The van der Waals surface area contributed by atoms with E-state index in [1.165, 1.54) is 32.1 Å². The maximum absolute atomic E-state index is 5.36. The van der Waals surface area contributed by atoms with Crippen molar-refractivity contribution >= 4 is 17.3 Å². The van der Waals surface area contributed by atoms with Crippen molar-refractivity contribution in [3.05, 3.63) is 16.1 Å². The highest BCUT2D eigenvalue weighted by atomic mass is 32.1. The largest absolute Gasteiger partial charge is 0.375 e. The summed E-state index contributed by atoms with van der Waals surface area (Å²) in [6.45, 7) is 3.69. The molecular weight excluding hydrogens is 358 g/mol. The smallest absolute Gasteiger partial charge is 0.193 e. The van der Waals surface area contributed by atoms with Gasteiger partial charge in [0, 0.05) is 39.2 Å². The number of ether oxygens (including phenoxy) is 1. The van der Waals surface area contributed by atoms with Crippen molar-refractivity contribution in [1.29, 1.82) is 0 Å². The normalized spacial score (nSPS) is 18.6. The number of thiazole rings is 1. The summed E-state index contributed by atoms with van der Waals surface area (Å²) in [6, 6.07) is 0.545. The van der Waals surface area contributed by atoms with Crippen molar-refractivity contribution in [2.75, 3.05) is 41.8 Å². The highest BCUT2D eigenvalue weighted by Gasteiger charge is 2.25. The van der Waals surface area contributed by atoms with Crippen LogP contribution in [0.5, 0.6) is 0 Å². The molecule has 0 aromatic carbocycles. The topological polar surface area (TPSA) is 53.0 Å². The summed E-state index contributed by atoms with van der Waals surface area (Å²) in [5, 5.41) is 6.73. The Labute approximate surface area is 169 Å². The minimum absolute atomic E-state index is 0.0443. The molecule has 0 spiro atoms. The Balaban J connectivity index is 1.91. The van der Waals surface area contributed by atoms with Crippen molar-refractivity contribution in [2.24, 2.45) is 10.9 Å². The van der Waals surface area contributed by atoms with Crippen molar-refractivity contribution < 1.29 is 4.74 Å². The third-order valence-electron chi connectivity index (χ3n) is 5.57. The summed E-state index contributed by atoms with van der Waals surface area (Å²) >= 11 is 1.65. The second-order valence-electron chi connectivity index (χ2n) is 7.77. The van der Waals surface area contributed by atoms with E-state index >= 15 is 0 Å². The fourth-order valence-corrected chi connectivity index (χ4v) is 4.71. The Morgan fingerprint density at radius 1 is 1.33 bits per heavy atom. The molecular formula is C20H37N5OS. The Morgan fingerprint density at radius 3 is 2.63 bits per heavy atom. The number of hydrogen-bond acceptors (Lipinski definition) is 5. The van der Waals surface area contributed by atoms with Gasteiger partial charge in [-0.05, 0) is 39.8 Å². The molecule has 1 aliphatic rings. The van der Waals surface area contributed by atoms with Gasteiger partial charge in [0.2, 0.25) is 0 Å². The van der Waals surface area contributed by atoms with Gasteiger partial charge in [-0.2, -0.15) is 0 Å². The molecule has 1 aromatic heterocycles. The van der Waals surface area contributed by atoms with Crippen molar-refractivity contribution in [2.45, 2.75) is 57.7 Å². The average molecular weight is 396 g/mol. The molecule has 1 N–H and O–H groups in total. The molecule has 0 aliphatic heterocycles. The van der Waals surface area contributed by atoms with Gasteiger partial charge in [0.1, 0.15) is 11.1 Å². The van der Waals surface area contributed by atoms with Crippen LogP contribution in [0, 0.1) is 5.92 Å². The minimum Gasteiger partial charge on any atom is -0.375 e. The van der Waals surface area contributed by atoms with Crippen LogP contribution in [-0.4, -0.2) is 68.6 Å². The maximum Gasteiger partial charge on any atom is 0.193 e. The first-order valence-electron chi connectivity index (χ1n) is 10.0. The summed E-state index contributed by atoms with van der Waals surface area (Å²) in [7, 11) is 10.0. The van der Waals surface area contributed by atoms with Crippen LogP contribution in [0.2, 0.25) is 0 Å². The number of nitrogens with zero attached hydrogens (tertiary/aromatic N) is 4. The number of rotatable bonds is 8. The number of aliphatic imine (C=N–C) groups is 1. The van der Waals surface area contributed by atoms with Crippen LogP contribution in [0.15, 0.2) is 10.4 Å². The fraction of sp³-hybridized carbons (Fsp3) is 0.800. The molecule has 0 saturated heterocycles. The zero-order valence-corrected chi connectivity index (χ0v) is 18.7. The van der Waals surface area contributed by atoms with Crippen LogP contribution in [0.1, 0.15) is 55.8 Å². The molecule has 2 rings (SSSR count). The van der Waals surface area contributed by atoms with Gasteiger partial charge in [0.05, 0.1) is 12.2 Å². The summed E-state index contributed by atoms with van der Waals surface area (Å²) in [5.41, 5.74) is 1.06. The summed E-state index contributed by atoms with van der Waals surface area (Å²) < 4.78 is 5.36. The molecule has 0 bridgehead atoms. The second-order valence-corrected chi connectivity index (χ2v) is 8.66. The molecule has 1 aliphatic carbocycles. The third kappa shape index (κ3) is 6.43. The zero-order valence-electron chi connectivity index (χ0n) is 17.9. The van der Waals surface area contributed by atoms with Gasteiger partial charge < -0.3 is 19.9 Å². The van der Waals surface area contributed by atoms with Crippen LogP contribution in [-0.2, 0) is 11.3 Å². The van der Waals surface area contributed by atoms with Crippen LogP contribution in [0.25, 0.3) is 0 Å². The lowest BCUT2D eigenvalue weighted by Gasteiger charge is -2.35. The second kappa shape index (κ2) is 11.0. The Hall–Kier alpha value is -1.18. The molecule has 2 unspecified atom stereocenters. The van der Waals surface area contributed by atoms with Crippen molar-refractivity contribution in [1.82, 2.24) is 20.1 Å². The molecule has 2 atom stereocenters. The Morgan fingerprint density at radius 2 is 2.04 bits per heavy atom. The van der Waals surface area contributed by atoms with E-state index in [2.05, 4.69) is 46.6 Å². The fourth-order valence-electron chi connectivity index (χ4n) is 3.87. The minimum atomic E-state index is 0.0443. The van der Waals surface area contributed by atoms with E-state index in [1.54, 1.807) is 18.4 Å². The first-order valence-corrected chi connectivity index (χ1v) is 10.9. The maximum atomic E-state index is 5.36. The van der Waals surface area contributed by atoms with E-state index in [9.17, 15) is 0 Å². The van der Waals surface area contributed by atoms with Gasteiger partial charge in [0.25, 0.3) is 0 Å². The highest BCUT2D eigenvalue weighted by Crippen LogP contribution is 2.28. The van der Waals surface area contributed by atoms with E-state index in [-0.39, 0.29) is 6.10 Å². The molecule has 0 radical (unpaired) electrons. The molecule has 154 valence electrons. The molecule has 1 heterocycles. The SMILES string of the molecule is CN=C(NCC(C1CCCCC1)N(C)C)N(C)Cc1csc(C(C)OC)n1. The summed E-state index contributed by atoms with van der Waals surface area (Å²) in [4.78, 5) is 13.7. The number of methoxy groups -OCH3 is 1. The summed E-state index contributed by atoms with van der Waals surface area (Å²) in [6.07, 6.45) is 6.87. The predicted molar refractivity (Wildman–Crippen MR) is 114 cm³/mol. The number of hydrogen-bond donors (Lipinski definition) is 1. The van der Waals surface area contributed by atoms with E-state index in [1.807, 2.05) is 14.0 Å². The lowest BCUT2D eigenvalue weighted by Crippen LogP contribution is -2.48. The first-order chi connectivity index (χ1) is 13.0. The van der Waals surface area contributed by atoms with Crippen LogP contribution >= 0.6 is 11.3 Å². The van der Waals surface area contributed by atoms with Crippen LogP contribution < -0.4 is 5.32 Å². The highest BCUT2D eigenvalue weighted by molar-refractivity contribution is 7.09. The lowest BCUT2D eigenvalue weighted by molar-refractivity contribution is 0.119.